The number of carbonyl (C=O) groups excluding carboxylic acids is 1. The Morgan fingerprint density at radius 3 is 2.68 bits per heavy atom. The molecule has 0 aliphatic carbocycles. The number of anilines is 1. The van der Waals surface area contributed by atoms with Gasteiger partial charge >= 0.3 is 0 Å². The summed E-state index contributed by atoms with van der Waals surface area (Å²) in [4.78, 5) is 25.6. The van der Waals surface area contributed by atoms with Crippen LogP contribution in [-0.4, -0.2) is 10.9 Å². The molecule has 2 rings (SSSR count). The monoisotopic (exact) mass is 256 g/mol. The zero-order valence-corrected chi connectivity index (χ0v) is 10.9. The minimum atomic E-state index is -0.288. The Kier molecular flexibility index (Phi) is 3.80. The fraction of sp³-hybridized carbons (Fsp3) is 0.200. The molecule has 0 radical (unpaired) electrons. The molecule has 0 saturated carbocycles. The number of rotatable bonds is 3. The summed E-state index contributed by atoms with van der Waals surface area (Å²) in [6, 6.07) is 10.5. The average Bonchev–Trinajstić information content (AvgIpc) is 2.39. The molecule has 98 valence electrons. The van der Waals surface area contributed by atoms with Crippen molar-refractivity contribution in [2.45, 2.75) is 19.8 Å². The summed E-state index contributed by atoms with van der Waals surface area (Å²) in [6.45, 7) is 4.19. The minimum absolute atomic E-state index is 0.285. The van der Waals surface area contributed by atoms with Gasteiger partial charge in [0.25, 0.3) is 5.91 Å². The zero-order chi connectivity index (χ0) is 13.8. The Labute approximate surface area is 111 Å². The molecule has 0 aliphatic rings. The molecule has 2 aromatic rings. The molecule has 4 heteroatoms. The van der Waals surface area contributed by atoms with E-state index < -0.39 is 0 Å². The first-order chi connectivity index (χ1) is 9.06. The van der Waals surface area contributed by atoms with Crippen LogP contribution in [0.1, 0.15) is 35.7 Å². The third kappa shape index (κ3) is 3.31. The molecular weight excluding hydrogens is 240 g/mol. The van der Waals surface area contributed by atoms with Crippen molar-refractivity contribution in [1.29, 1.82) is 0 Å². The van der Waals surface area contributed by atoms with E-state index in [2.05, 4.69) is 24.1 Å². The third-order valence-electron chi connectivity index (χ3n) is 2.85. The highest BCUT2D eigenvalue weighted by Crippen LogP contribution is 2.18. The molecule has 1 aromatic heterocycles. The molecule has 4 nitrogen and oxygen atoms in total. The Balaban J connectivity index is 2.19. The van der Waals surface area contributed by atoms with Crippen molar-refractivity contribution in [3.63, 3.8) is 0 Å². The van der Waals surface area contributed by atoms with Gasteiger partial charge in [0.15, 0.2) is 0 Å². The highest BCUT2D eigenvalue weighted by Gasteiger charge is 2.07. The van der Waals surface area contributed by atoms with Crippen molar-refractivity contribution < 1.29 is 4.79 Å². The number of carbonyl (C=O) groups is 1. The van der Waals surface area contributed by atoms with Crippen molar-refractivity contribution in [3.8, 4) is 0 Å². The first kappa shape index (κ1) is 13.1. The number of amides is 1. The lowest BCUT2D eigenvalue weighted by Gasteiger charge is -2.09. The van der Waals surface area contributed by atoms with Crippen LogP contribution in [0.3, 0.4) is 0 Å². The third-order valence-corrected chi connectivity index (χ3v) is 2.85. The highest BCUT2D eigenvalue weighted by atomic mass is 16.2. The number of aromatic amines is 1. The molecule has 0 atom stereocenters. The summed E-state index contributed by atoms with van der Waals surface area (Å²) in [7, 11) is 0. The molecule has 0 aliphatic heterocycles. The second-order valence-corrected chi connectivity index (χ2v) is 4.68. The van der Waals surface area contributed by atoms with E-state index in [1.54, 1.807) is 6.07 Å². The van der Waals surface area contributed by atoms with E-state index in [0.29, 0.717) is 11.5 Å². The van der Waals surface area contributed by atoms with Crippen molar-refractivity contribution in [3.05, 3.63) is 64.1 Å². The Morgan fingerprint density at radius 2 is 2.00 bits per heavy atom. The van der Waals surface area contributed by atoms with Crippen LogP contribution < -0.4 is 10.9 Å². The van der Waals surface area contributed by atoms with Crippen LogP contribution in [0.2, 0.25) is 0 Å². The van der Waals surface area contributed by atoms with Crippen LogP contribution in [0.25, 0.3) is 0 Å². The maximum Gasteiger partial charge on any atom is 0.255 e. The molecule has 0 fully saturated rings. The molecule has 1 heterocycles. The van der Waals surface area contributed by atoms with Crippen LogP contribution in [0.15, 0.2) is 47.4 Å². The maximum absolute atomic E-state index is 12.0. The predicted octanol–water partition coefficient (Wildman–Crippen LogP) is 2.75. The molecule has 2 N–H and O–H groups in total. The van der Waals surface area contributed by atoms with Crippen LogP contribution in [0.5, 0.6) is 0 Å². The van der Waals surface area contributed by atoms with Crippen LogP contribution in [0, 0.1) is 0 Å². The van der Waals surface area contributed by atoms with Gasteiger partial charge in [-0.05, 0) is 29.7 Å². The number of benzene rings is 1. The SMILES string of the molecule is CC(C)c1cccc(NC(=O)c2cc[nH]c(=O)c2)c1. The topological polar surface area (TPSA) is 62.0 Å². The number of hydrogen-bond acceptors (Lipinski definition) is 2. The molecule has 1 amide bonds. The minimum Gasteiger partial charge on any atom is -0.329 e. The standard InChI is InChI=1S/C15H16N2O2/c1-10(2)11-4-3-5-13(8-11)17-15(19)12-6-7-16-14(18)9-12/h3-10H,1-2H3,(H,16,18)(H,17,19). The summed E-state index contributed by atoms with van der Waals surface area (Å²) in [5, 5.41) is 2.79. The fourth-order valence-corrected chi connectivity index (χ4v) is 1.76. The number of pyridine rings is 1. The Bertz CT molecular complexity index is 644. The van der Waals surface area contributed by atoms with E-state index in [1.807, 2.05) is 24.3 Å². The van der Waals surface area contributed by atoms with Gasteiger partial charge in [-0.1, -0.05) is 26.0 Å². The lowest BCUT2D eigenvalue weighted by molar-refractivity contribution is 0.102. The first-order valence-electron chi connectivity index (χ1n) is 6.16. The van der Waals surface area contributed by atoms with Crippen molar-refractivity contribution >= 4 is 11.6 Å². The van der Waals surface area contributed by atoms with Crippen LogP contribution in [-0.2, 0) is 0 Å². The van der Waals surface area contributed by atoms with Gasteiger partial charge in [0.05, 0.1) is 0 Å². The van der Waals surface area contributed by atoms with Gasteiger partial charge in [0.1, 0.15) is 0 Å². The second kappa shape index (κ2) is 5.52. The van der Waals surface area contributed by atoms with E-state index in [4.69, 9.17) is 0 Å². The second-order valence-electron chi connectivity index (χ2n) is 4.68. The lowest BCUT2D eigenvalue weighted by Crippen LogP contribution is -2.15. The fourth-order valence-electron chi connectivity index (χ4n) is 1.76. The predicted molar refractivity (Wildman–Crippen MR) is 75.5 cm³/mol. The van der Waals surface area contributed by atoms with Gasteiger partial charge < -0.3 is 10.3 Å². The summed E-state index contributed by atoms with van der Waals surface area (Å²) < 4.78 is 0. The molecule has 0 saturated heterocycles. The largest absolute Gasteiger partial charge is 0.329 e. The first-order valence-corrected chi connectivity index (χ1v) is 6.16. The molecule has 1 aromatic carbocycles. The van der Waals surface area contributed by atoms with E-state index >= 15 is 0 Å². The van der Waals surface area contributed by atoms with E-state index in [1.165, 1.54) is 12.3 Å². The van der Waals surface area contributed by atoms with Gasteiger partial charge in [0, 0.05) is 23.5 Å². The van der Waals surface area contributed by atoms with Crippen LogP contribution >= 0.6 is 0 Å². The summed E-state index contributed by atoms with van der Waals surface area (Å²) >= 11 is 0. The number of nitrogens with one attached hydrogen (secondary N) is 2. The number of aromatic nitrogens is 1. The summed E-state index contributed by atoms with van der Waals surface area (Å²) in [6.07, 6.45) is 1.46. The smallest absolute Gasteiger partial charge is 0.255 e. The quantitative estimate of drug-likeness (QED) is 0.887. The zero-order valence-electron chi connectivity index (χ0n) is 10.9. The molecule has 0 spiro atoms. The van der Waals surface area contributed by atoms with Gasteiger partial charge in [-0.2, -0.15) is 0 Å². The van der Waals surface area contributed by atoms with Gasteiger partial charge in [-0.15, -0.1) is 0 Å². The molecule has 19 heavy (non-hydrogen) atoms. The average molecular weight is 256 g/mol. The maximum atomic E-state index is 12.0. The van der Waals surface area contributed by atoms with E-state index in [-0.39, 0.29) is 11.5 Å². The lowest BCUT2D eigenvalue weighted by atomic mass is 10.0. The van der Waals surface area contributed by atoms with E-state index in [9.17, 15) is 9.59 Å². The summed E-state index contributed by atoms with van der Waals surface area (Å²) in [5.74, 6) is 0.114. The van der Waals surface area contributed by atoms with Gasteiger partial charge in [-0.25, -0.2) is 0 Å². The normalized spacial score (nSPS) is 10.5. The van der Waals surface area contributed by atoms with Gasteiger partial charge in [-0.3, -0.25) is 9.59 Å². The Morgan fingerprint density at radius 1 is 1.21 bits per heavy atom. The molecule has 0 unspecified atom stereocenters. The Hall–Kier alpha value is -2.36. The van der Waals surface area contributed by atoms with Gasteiger partial charge in [0.2, 0.25) is 5.56 Å². The number of H-pyrrole nitrogens is 1. The van der Waals surface area contributed by atoms with Crippen LogP contribution in [0.4, 0.5) is 5.69 Å². The number of hydrogen-bond donors (Lipinski definition) is 2. The molecular formula is C15H16N2O2. The molecule has 0 bridgehead atoms. The highest BCUT2D eigenvalue weighted by molar-refractivity contribution is 6.04. The van der Waals surface area contributed by atoms with Crippen molar-refractivity contribution in [2.75, 3.05) is 5.32 Å². The summed E-state index contributed by atoms with van der Waals surface area (Å²) in [5.41, 5.74) is 1.95. The van der Waals surface area contributed by atoms with Crippen molar-refractivity contribution in [2.24, 2.45) is 0 Å². The van der Waals surface area contributed by atoms with Crippen molar-refractivity contribution in [1.82, 2.24) is 4.98 Å². The van der Waals surface area contributed by atoms with E-state index in [0.717, 1.165) is 11.3 Å².